The van der Waals surface area contributed by atoms with E-state index in [0.717, 1.165) is 64.6 Å². The Morgan fingerprint density at radius 2 is 1.97 bits per heavy atom. The summed E-state index contributed by atoms with van der Waals surface area (Å²) in [5.74, 6) is 1.02. The second-order valence-electron chi connectivity index (χ2n) is 8.59. The average molecular weight is 417 g/mol. The van der Waals surface area contributed by atoms with Crippen LogP contribution in [0.4, 0.5) is 0 Å². The van der Waals surface area contributed by atoms with Gasteiger partial charge in [-0.3, -0.25) is 4.99 Å². The van der Waals surface area contributed by atoms with E-state index in [9.17, 15) is 0 Å². The number of nitrogens with zero attached hydrogens (tertiary/aromatic N) is 3. The molecule has 1 N–H and O–H groups in total. The second kappa shape index (κ2) is 12.3. The molecule has 0 aliphatic carbocycles. The van der Waals surface area contributed by atoms with Crippen LogP contribution in [-0.4, -0.2) is 81.5 Å². The van der Waals surface area contributed by atoms with Crippen LogP contribution < -0.4 is 5.32 Å². The van der Waals surface area contributed by atoms with Crippen LogP contribution in [0.5, 0.6) is 0 Å². The summed E-state index contributed by atoms with van der Waals surface area (Å²) in [6.45, 7) is 7.38. The lowest BCUT2D eigenvalue weighted by atomic mass is 10.1. The third-order valence-electron chi connectivity index (χ3n) is 6.09. The summed E-state index contributed by atoms with van der Waals surface area (Å²) in [6, 6.07) is 10.9. The van der Waals surface area contributed by atoms with E-state index in [4.69, 9.17) is 14.5 Å². The molecule has 0 spiro atoms. The Balaban J connectivity index is 1.51. The van der Waals surface area contributed by atoms with Gasteiger partial charge < -0.3 is 24.6 Å². The molecule has 2 heterocycles. The Hall–Kier alpha value is -1.63. The number of aliphatic imine (C=N–C) groups is 1. The maximum absolute atomic E-state index is 6.18. The Labute approximate surface area is 182 Å². The first kappa shape index (κ1) is 23.0. The summed E-state index contributed by atoms with van der Waals surface area (Å²) in [4.78, 5) is 9.64. The van der Waals surface area contributed by atoms with E-state index in [1.807, 2.05) is 0 Å². The van der Waals surface area contributed by atoms with Crippen molar-refractivity contribution in [3.8, 4) is 0 Å². The Morgan fingerprint density at radius 1 is 1.20 bits per heavy atom. The molecular formula is C24H40N4O2. The highest BCUT2D eigenvalue weighted by atomic mass is 16.5. The predicted molar refractivity (Wildman–Crippen MR) is 123 cm³/mol. The molecular weight excluding hydrogens is 376 g/mol. The Bertz CT molecular complexity index is 623. The van der Waals surface area contributed by atoms with Gasteiger partial charge in [-0.05, 0) is 58.7 Å². The minimum Gasteiger partial charge on any atom is -0.376 e. The highest BCUT2D eigenvalue weighted by Crippen LogP contribution is 2.20. The first-order valence-electron chi connectivity index (χ1n) is 11.6. The van der Waals surface area contributed by atoms with E-state index >= 15 is 0 Å². The van der Waals surface area contributed by atoms with Gasteiger partial charge in [0.15, 0.2) is 5.96 Å². The summed E-state index contributed by atoms with van der Waals surface area (Å²) >= 11 is 0. The number of guanidine groups is 1. The SMILES string of the molecule is CCNC(=NCC(c1ccccc1)N(C)C)N1CCC(OCC2CCCCO2)CC1. The predicted octanol–water partition coefficient (Wildman–Crippen LogP) is 3.30. The fraction of sp³-hybridized carbons (Fsp3) is 0.708. The third kappa shape index (κ3) is 6.96. The minimum absolute atomic E-state index is 0.274. The van der Waals surface area contributed by atoms with Crippen molar-refractivity contribution in [2.45, 2.75) is 57.3 Å². The van der Waals surface area contributed by atoms with Gasteiger partial charge in [-0.2, -0.15) is 0 Å². The second-order valence-corrected chi connectivity index (χ2v) is 8.59. The van der Waals surface area contributed by atoms with E-state index in [1.54, 1.807) is 0 Å². The van der Waals surface area contributed by atoms with Gasteiger partial charge in [0.25, 0.3) is 0 Å². The number of likely N-dealkylation sites (N-methyl/N-ethyl adjacent to an activating group) is 1. The van der Waals surface area contributed by atoms with Crippen molar-refractivity contribution in [3.05, 3.63) is 35.9 Å². The molecule has 0 amide bonds. The van der Waals surface area contributed by atoms with Crippen molar-refractivity contribution in [1.29, 1.82) is 0 Å². The van der Waals surface area contributed by atoms with E-state index in [0.29, 0.717) is 12.2 Å². The standard InChI is InChI=1S/C24H40N4O2/c1-4-25-24(26-18-23(27(2)3)20-10-6-5-7-11-20)28-15-13-21(14-16-28)30-19-22-12-8-9-17-29-22/h5-7,10-11,21-23H,4,8-9,12-19H2,1-3H3,(H,25,26). The Morgan fingerprint density at radius 3 is 2.60 bits per heavy atom. The smallest absolute Gasteiger partial charge is 0.193 e. The molecule has 6 nitrogen and oxygen atoms in total. The van der Waals surface area contributed by atoms with Gasteiger partial charge in [-0.25, -0.2) is 0 Å². The number of piperidine rings is 1. The van der Waals surface area contributed by atoms with Gasteiger partial charge in [-0.1, -0.05) is 30.3 Å². The lowest BCUT2D eigenvalue weighted by molar-refractivity contribution is -0.0721. The van der Waals surface area contributed by atoms with E-state index < -0.39 is 0 Å². The lowest BCUT2D eigenvalue weighted by Crippen LogP contribution is -2.47. The van der Waals surface area contributed by atoms with Gasteiger partial charge in [-0.15, -0.1) is 0 Å². The maximum atomic E-state index is 6.18. The zero-order chi connectivity index (χ0) is 21.2. The van der Waals surface area contributed by atoms with E-state index in [-0.39, 0.29) is 6.04 Å². The molecule has 0 saturated carbocycles. The van der Waals surface area contributed by atoms with Gasteiger partial charge in [0.1, 0.15) is 0 Å². The number of ether oxygens (including phenoxy) is 2. The highest BCUT2D eigenvalue weighted by Gasteiger charge is 2.24. The van der Waals surface area contributed by atoms with Crippen LogP contribution in [0.2, 0.25) is 0 Å². The molecule has 0 radical (unpaired) electrons. The molecule has 0 aromatic heterocycles. The summed E-state index contributed by atoms with van der Waals surface area (Å²) in [5.41, 5.74) is 1.30. The fourth-order valence-corrected chi connectivity index (χ4v) is 4.26. The lowest BCUT2D eigenvalue weighted by Gasteiger charge is -2.35. The number of likely N-dealkylation sites (tertiary alicyclic amines) is 1. The highest BCUT2D eigenvalue weighted by molar-refractivity contribution is 5.80. The van der Waals surface area contributed by atoms with Crippen molar-refractivity contribution < 1.29 is 9.47 Å². The van der Waals surface area contributed by atoms with E-state index in [2.05, 4.69) is 66.5 Å². The fourth-order valence-electron chi connectivity index (χ4n) is 4.26. The van der Waals surface area contributed by atoms with Crippen LogP contribution in [0.3, 0.4) is 0 Å². The molecule has 1 aromatic rings. The molecule has 0 bridgehead atoms. The molecule has 2 aliphatic rings. The van der Waals surface area contributed by atoms with Gasteiger partial charge in [0, 0.05) is 26.2 Å². The first-order chi connectivity index (χ1) is 14.7. The maximum Gasteiger partial charge on any atom is 0.193 e. The van der Waals surface area contributed by atoms with Crippen molar-refractivity contribution >= 4 is 5.96 Å². The zero-order valence-electron chi connectivity index (χ0n) is 19.1. The molecule has 1 aromatic carbocycles. The van der Waals surface area contributed by atoms with Gasteiger partial charge >= 0.3 is 0 Å². The first-order valence-corrected chi connectivity index (χ1v) is 11.6. The van der Waals surface area contributed by atoms with E-state index in [1.165, 1.54) is 18.4 Å². The van der Waals surface area contributed by atoms with Crippen LogP contribution in [0.1, 0.15) is 50.6 Å². The minimum atomic E-state index is 0.274. The van der Waals surface area contributed by atoms with Gasteiger partial charge in [0.2, 0.25) is 0 Å². The quantitative estimate of drug-likeness (QED) is 0.520. The van der Waals surface area contributed by atoms with Gasteiger partial charge in [0.05, 0.1) is 31.4 Å². The van der Waals surface area contributed by atoms with Crippen LogP contribution in [0.15, 0.2) is 35.3 Å². The molecule has 30 heavy (non-hydrogen) atoms. The number of hydrogen-bond donors (Lipinski definition) is 1. The topological polar surface area (TPSA) is 49.3 Å². The summed E-state index contributed by atoms with van der Waals surface area (Å²) < 4.78 is 12.0. The number of benzene rings is 1. The molecule has 6 heteroatoms. The molecule has 2 fully saturated rings. The average Bonchev–Trinajstić information content (AvgIpc) is 2.79. The van der Waals surface area contributed by atoms with Crippen LogP contribution in [-0.2, 0) is 9.47 Å². The van der Waals surface area contributed by atoms with Crippen molar-refractivity contribution in [1.82, 2.24) is 15.1 Å². The summed E-state index contributed by atoms with van der Waals surface area (Å²) in [7, 11) is 4.25. The number of nitrogens with one attached hydrogen (secondary N) is 1. The molecule has 2 atom stereocenters. The monoisotopic (exact) mass is 416 g/mol. The van der Waals surface area contributed by atoms with Crippen molar-refractivity contribution in [3.63, 3.8) is 0 Å². The molecule has 3 rings (SSSR count). The van der Waals surface area contributed by atoms with Crippen LogP contribution in [0.25, 0.3) is 0 Å². The summed E-state index contributed by atoms with van der Waals surface area (Å²) in [5, 5.41) is 3.49. The third-order valence-corrected chi connectivity index (χ3v) is 6.09. The van der Waals surface area contributed by atoms with Crippen molar-refractivity contribution in [2.75, 3.05) is 53.5 Å². The van der Waals surface area contributed by atoms with Crippen LogP contribution >= 0.6 is 0 Å². The normalized spacial score (nSPS) is 22.3. The molecule has 2 unspecified atom stereocenters. The largest absolute Gasteiger partial charge is 0.376 e. The van der Waals surface area contributed by atoms with Crippen LogP contribution in [0, 0.1) is 0 Å². The molecule has 168 valence electrons. The number of hydrogen-bond acceptors (Lipinski definition) is 4. The molecule has 2 saturated heterocycles. The molecule has 2 aliphatic heterocycles. The summed E-state index contributed by atoms with van der Waals surface area (Å²) in [6.07, 6.45) is 6.35. The number of rotatable bonds is 8. The zero-order valence-corrected chi connectivity index (χ0v) is 19.1. The Kier molecular flexibility index (Phi) is 9.43. The van der Waals surface area contributed by atoms with Crippen molar-refractivity contribution in [2.24, 2.45) is 4.99 Å².